The molecule has 19 heavy (non-hydrogen) atoms. The van der Waals surface area contributed by atoms with Crippen molar-refractivity contribution in [2.24, 2.45) is 5.92 Å². The standard InChI is InChI=1S/C13H16ClN3O2/c14-10-4-11(15-5-12(10)18)13(19)16-9-3-8-1-2-17(6-8)7-9/h4-5,8-9,18H,1-3,6-7H2,(H,16,19). The first-order valence-corrected chi connectivity index (χ1v) is 6.87. The number of carbonyl (C=O) groups excluding carboxylic acids is 1. The number of pyridine rings is 1. The lowest BCUT2D eigenvalue weighted by molar-refractivity contribution is 0.0904. The second kappa shape index (κ2) is 4.98. The zero-order chi connectivity index (χ0) is 13.4. The Balaban J connectivity index is 1.66. The van der Waals surface area contributed by atoms with Crippen LogP contribution in [0, 0.1) is 5.92 Å². The zero-order valence-corrected chi connectivity index (χ0v) is 11.2. The Morgan fingerprint density at radius 2 is 2.37 bits per heavy atom. The molecule has 0 aliphatic carbocycles. The SMILES string of the molecule is O=C(NC1CC2CCN(C2)C1)c1cc(Cl)c(O)cn1. The Morgan fingerprint density at radius 3 is 3.11 bits per heavy atom. The summed E-state index contributed by atoms with van der Waals surface area (Å²) in [5.41, 5.74) is 0.246. The van der Waals surface area contributed by atoms with Crippen LogP contribution in [0.1, 0.15) is 23.3 Å². The molecule has 2 bridgehead atoms. The molecular formula is C13H16ClN3O2. The Bertz CT molecular complexity index is 497. The van der Waals surface area contributed by atoms with E-state index in [2.05, 4.69) is 15.2 Å². The Morgan fingerprint density at radius 1 is 1.53 bits per heavy atom. The van der Waals surface area contributed by atoms with E-state index in [-0.39, 0.29) is 28.4 Å². The van der Waals surface area contributed by atoms with Crippen LogP contribution in [0.3, 0.4) is 0 Å². The molecule has 3 rings (SSSR count). The monoisotopic (exact) mass is 281 g/mol. The third-order valence-electron chi connectivity index (χ3n) is 3.87. The molecule has 102 valence electrons. The molecule has 2 aliphatic rings. The second-order valence-electron chi connectivity index (χ2n) is 5.34. The van der Waals surface area contributed by atoms with Crippen LogP contribution < -0.4 is 5.32 Å². The number of aromatic hydroxyl groups is 1. The van der Waals surface area contributed by atoms with E-state index < -0.39 is 0 Å². The average molecular weight is 282 g/mol. The molecular weight excluding hydrogens is 266 g/mol. The fourth-order valence-corrected chi connectivity index (χ4v) is 3.12. The molecule has 2 aliphatic heterocycles. The van der Waals surface area contributed by atoms with E-state index in [9.17, 15) is 9.90 Å². The van der Waals surface area contributed by atoms with E-state index in [1.165, 1.54) is 18.7 Å². The highest BCUT2D eigenvalue weighted by molar-refractivity contribution is 6.32. The molecule has 2 fully saturated rings. The van der Waals surface area contributed by atoms with Gasteiger partial charge in [-0.1, -0.05) is 11.6 Å². The van der Waals surface area contributed by atoms with Gasteiger partial charge in [0.1, 0.15) is 5.69 Å². The summed E-state index contributed by atoms with van der Waals surface area (Å²) >= 11 is 5.78. The predicted octanol–water partition coefficient (Wildman–Crippen LogP) is 1.26. The first-order valence-electron chi connectivity index (χ1n) is 6.49. The molecule has 6 heteroatoms. The number of fused-ring (bicyclic) bond motifs is 2. The minimum Gasteiger partial charge on any atom is -0.505 e. The van der Waals surface area contributed by atoms with Crippen LogP contribution in [0.2, 0.25) is 5.02 Å². The van der Waals surface area contributed by atoms with Crippen molar-refractivity contribution in [1.29, 1.82) is 0 Å². The number of amides is 1. The fourth-order valence-electron chi connectivity index (χ4n) is 2.97. The molecule has 1 aromatic rings. The summed E-state index contributed by atoms with van der Waals surface area (Å²) in [6, 6.07) is 1.58. The lowest BCUT2D eigenvalue weighted by Crippen LogP contribution is -2.47. The van der Waals surface area contributed by atoms with Gasteiger partial charge in [0.15, 0.2) is 5.75 Å². The van der Waals surface area contributed by atoms with E-state index in [0.717, 1.165) is 26.1 Å². The Hall–Kier alpha value is -1.33. The number of nitrogens with zero attached hydrogens (tertiary/aromatic N) is 2. The van der Waals surface area contributed by atoms with Crippen LogP contribution in [0.5, 0.6) is 5.75 Å². The maximum absolute atomic E-state index is 12.1. The Kier molecular flexibility index (Phi) is 3.33. The molecule has 0 radical (unpaired) electrons. The van der Waals surface area contributed by atoms with Crippen molar-refractivity contribution in [2.75, 3.05) is 19.6 Å². The summed E-state index contributed by atoms with van der Waals surface area (Å²) < 4.78 is 0. The maximum atomic E-state index is 12.1. The van der Waals surface area contributed by atoms with Crippen LogP contribution in [0.15, 0.2) is 12.3 Å². The fraction of sp³-hybridized carbons (Fsp3) is 0.538. The number of rotatable bonds is 2. The van der Waals surface area contributed by atoms with Gasteiger partial charge < -0.3 is 15.3 Å². The minimum absolute atomic E-state index is 0.111. The highest BCUT2D eigenvalue weighted by Crippen LogP contribution is 2.27. The molecule has 0 aromatic carbocycles. The van der Waals surface area contributed by atoms with Crippen molar-refractivity contribution in [3.05, 3.63) is 23.0 Å². The number of aromatic nitrogens is 1. The summed E-state index contributed by atoms with van der Waals surface area (Å²) in [6.45, 7) is 3.21. The van der Waals surface area contributed by atoms with Crippen LogP contribution in [0.25, 0.3) is 0 Å². The highest BCUT2D eigenvalue weighted by atomic mass is 35.5. The topological polar surface area (TPSA) is 65.5 Å². The van der Waals surface area contributed by atoms with Gasteiger partial charge in [-0.25, -0.2) is 4.98 Å². The average Bonchev–Trinajstić information content (AvgIpc) is 2.72. The van der Waals surface area contributed by atoms with Crippen molar-refractivity contribution >= 4 is 17.5 Å². The normalized spacial score (nSPS) is 29.2. The van der Waals surface area contributed by atoms with Crippen molar-refractivity contribution in [3.8, 4) is 5.75 Å². The predicted molar refractivity (Wildman–Crippen MR) is 71.3 cm³/mol. The smallest absolute Gasteiger partial charge is 0.270 e. The molecule has 3 atom stereocenters. The molecule has 3 heterocycles. The van der Waals surface area contributed by atoms with E-state index in [4.69, 9.17) is 11.6 Å². The van der Waals surface area contributed by atoms with Gasteiger partial charge in [0, 0.05) is 19.1 Å². The maximum Gasteiger partial charge on any atom is 0.270 e. The summed E-state index contributed by atoms with van der Waals surface area (Å²) in [4.78, 5) is 18.4. The molecule has 1 aromatic heterocycles. The van der Waals surface area contributed by atoms with Crippen LogP contribution in [-0.2, 0) is 0 Å². The number of halogens is 1. The summed E-state index contributed by atoms with van der Waals surface area (Å²) in [5.74, 6) is 0.366. The molecule has 0 spiro atoms. The highest BCUT2D eigenvalue weighted by Gasteiger charge is 2.33. The van der Waals surface area contributed by atoms with Crippen molar-refractivity contribution in [2.45, 2.75) is 18.9 Å². The van der Waals surface area contributed by atoms with Crippen molar-refractivity contribution in [1.82, 2.24) is 15.2 Å². The minimum atomic E-state index is -0.227. The van der Waals surface area contributed by atoms with Gasteiger partial charge in [-0.3, -0.25) is 4.79 Å². The van der Waals surface area contributed by atoms with E-state index in [0.29, 0.717) is 5.92 Å². The van der Waals surface area contributed by atoms with Gasteiger partial charge in [0.05, 0.1) is 11.2 Å². The number of hydrogen-bond donors (Lipinski definition) is 2. The quantitative estimate of drug-likeness (QED) is 0.857. The molecule has 3 unspecified atom stereocenters. The van der Waals surface area contributed by atoms with Gasteiger partial charge in [-0.15, -0.1) is 0 Å². The van der Waals surface area contributed by atoms with Crippen molar-refractivity contribution in [3.63, 3.8) is 0 Å². The zero-order valence-electron chi connectivity index (χ0n) is 10.5. The lowest BCUT2D eigenvalue weighted by atomic mass is 9.97. The second-order valence-corrected chi connectivity index (χ2v) is 5.75. The van der Waals surface area contributed by atoms with Gasteiger partial charge in [0.2, 0.25) is 0 Å². The number of piperidine rings is 1. The van der Waals surface area contributed by atoms with Gasteiger partial charge in [-0.2, -0.15) is 0 Å². The molecule has 0 saturated carbocycles. The summed E-state index contributed by atoms with van der Waals surface area (Å²) in [6.07, 6.45) is 3.47. The van der Waals surface area contributed by atoms with Crippen LogP contribution in [-0.4, -0.2) is 46.6 Å². The van der Waals surface area contributed by atoms with Crippen LogP contribution in [0.4, 0.5) is 0 Å². The molecule has 5 nitrogen and oxygen atoms in total. The largest absolute Gasteiger partial charge is 0.505 e. The number of carbonyl (C=O) groups is 1. The van der Waals surface area contributed by atoms with Gasteiger partial charge >= 0.3 is 0 Å². The lowest BCUT2D eigenvalue weighted by Gasteiger charge is -2.30. The molecule has 2 N–H and O–H groups in total. The Labute approximate surface area is 116 Å². The van der Waals surface area contributed by atoms with Crippen molar-refractivity contribution < 1.29 is 9.90 Å². The van der Waals surface area contributed by atoms with Gasteiger partial charge in [-0.05, 0) is 31.4 Å². The molecule has 1 amide bonds. The van der Waals surface area contributed by atoms with E-state index in [1.807, 2.05) is 0 Å². The first kappa shape index (κ1) is 12.7. The summed E-state index contributed by atoms with van der Waals surface area (Å²) in [7, 11) is 0. The van der Waals surface area contributed by atoms with Gasteiger partial charge in [0.25, 0.3) is 5.91 Å². The summed E-state index contributed by atoms with van der Waals surface area (Å²) in [5, 5.41) is 12.4. The molecule has 2 saturated heterocycles. The van der Waals surface area contributed by atoms with E-state index >= 15 is 0 Å². The van der Waals surface area contributed by atoms with Crippen LogP contribution >= 0.6 is 11.6 Å². The number of nitrogens with one attached hydrogen (secondary N) is 1. The number of hydrogen-bond acceptors (Lipinski definition) is 4. The van der Waals surface area contributed by atoms with E-state index in [1.54, 1.807) is 0 Å². The third kappa shape index (κ3) is 2.67. The first-order chi connectivity index (χ1) is 9.11. The third-order valence-corrected chi connectivity index (χ3v) is 4.17.